The van der Waals surface area contributed by atoms with E-state index < -0.39 is 37.6 Å². The number of nitrogens with zero attached hydrogens (tertiary/aromatic N) is 2. The summed E-state index contributed by atoms with van der Waals surface area (Å²) in [5.41, 5.74) is 0.523. The third-order valence-electron chi connectivity index (χ3n) is 4.94. The predicted molar refractivity (Wildman–Crippen MR) is 115 cm³/mol. The van der Waals surface area contributed by atoms with Gasteiger partial charge in [0.1, 0.15) is 11.9 Å². The van der Waals surface area contributed by atoms with Crippen LogP contribution in [-0.4, -0.2) is 50.9 Å². The Bertz CT molecular complexity index is 1370. The molecule has 1 amide bonds. The molecule has 1 aliphatic rings. The molecule has 2 heterocycles. The highest BCUT2D eigenvalue weighted by molar-refractivity contribution is 7.90. The number of thiazole rings is 1. The van der Waals surface area contributed by atoms with E-state index in [1.807, 2.05) is 0 Å². The number of hydrogen-bond donors (Lipinski definition) is 1. The number of hydrogen-bond acceptors (Lipinski definition) is 7. The average molecular weight is 484 g/mol. The number of sulfonamides is 1. The maximum atomic E-state index is 13.2. The van der Waals surface area contributed by atoms with Gasteiger partial charge in [0.05, 0.1) is 20.0 Å². The van der Waals surface area contributed by atoms with Crippen molar-refractivity contribution >= 4 is 52.5 Å². The molecule has 164 valence electrons. The number of fused-ring (bicyclic) bond motifs is 1. The number of carbonyl (C=O) groups is 1. The van der Waals surface area contributed by atoms with Crippen molar-refractivity contribution in [3.8, 4) is 0 Å². The van der Waals surface area contributed by atoms with Crippen LogP contribution in [0.3, 0.4) is 0 Å². The van der Waals surface area contributed by atoms with Crippen molar-refractivity contribution in [2.45, 2.75) is 28.7 Å². The van der Waals surface area contributed by atoms with Gasteiger partial charge in [-0.1, -0.05) is 11.3 Å². The fourth-order valence-electron chi connectivity index (χ4n) is 3.41. The number of sulfone groups is 1. The normalized spacial score (nSPS) is 17.8. The fourth-order valence-corrected chi connectivity index (χ4v) is 6.70. The van der Waals surface area contributed by atoms with Crippen LogP contribution in [0.2, 0.25) is 0 Å². The molecular formula is C19H18FN3O5S3. The second-order valence-electron chi connectivity index (χ2n) is 7.14. The molecule has 1 aromatic heterocycles. The molecule has 1 atom stereocenters. The first-order chi connectivity index (χ1) is 14.6. The first kappa shape index (κ1) is 21.8. The Balaban J connectivity index is 1.57. The predicted octanol–water partition coefficient (Wildman–Crippen LogP) is 2.63. The van der Waals surface area contributed by atoms with E-state index >= 15 is 0 Å². The highest BCUT2D eigenvalue weighted by Crippen LogP contribution is 2.30. The third-order valence-corrected chi connectivity index (χ3v) is 8.91. The van der Waals surface area contributed by atoms with Crippen LogP contribution in [-0.2, 0) is 24.7 Å². The first-order valence-electron chi connectivity index (χ1n) is 9.25. The van der Waals surface area contributed by atoms with E-state index in [1.54, 1.807) is 6.07 Å². The molecular weight excluding hydrogens is 465 g/mol. The molecule has 1 fully saturated rings. The lowest BCUT2D eigenvalue weighted by atomic mass is 10.2. The molecule has 0 spiro atoms. The molecule has 2 aromatic carbocycles. The average Bonchev–Trinajstić information content (AvgIpc) is 3.34. The van der Waals surface area contributed by atoms with Crippen LogP contribution in [0.15, 0.2) is 52.3 Å². The monoisotopic (exact) mass is 483 g/mol. The van der Waals surface area contributed by atoms with Gasteiger partial charge in [0.15, 0.2) is 15.0 Å². The number of halogens is 1. The van der Waals surface area contributed by atoms with Crippen LogP contribution in [0.1, 0.15) is 12.8 Å². The number of benzene rings is 2. The lowest BCUT2D eigenvalue weighted by Gasteiger charge is -2.23. The topological polar surface area (TPSA) is 114 Å². The first-order valence-corrected chi connectivity index (χ1v) is 13.4. The molecule has 12 heteroatoms. The molecule has 8 nitrogen and oxygen atoms in total. The quantitative estimate of drug-likeness (QED) is 0.597. The summed E-state index contributed by atoms with van der Waals surface area (Å²) in [6.45, 7) is 0.176. The van der Waals surface area contributed by atoms with Gasteiger partial charge in [-0.2, -0.15) is 4.31 Å². The third kappa shape index (κ3) is 4.33. The van der Waals surface area contributed by atoms with Crippen molar-refractivity contribution in [2.75, 3.05) is 18.1 Å². The van der Waals surface area contributed by atoms with Gasteiger partial charge < -0.3 is 5.32 Å². The van der Waals surface area contributed by atoms with E-state index in [4.69, 9.17) is 0 Å². The van der Waals surface area contributed by atoms with E-state index in [0.717, 1.165) is 34.0 Å². The van der Waals surface area contributed by atoms with Gasteiger partial charge in [-0.3, -0.25) is 4.79 Å². The van der Waals surface area contributed by atoms with E-state index in [2.05, 4.69) is 10.3 Å². The second-order valence-corrected chi connectivity index (χ2v) is 12.1. The molecule has 3 aromatic rings. The van der Waals surface area contributed by atoms with E-state index in [1.165, 1.54) is 24.3 Å². The smallest absolute Gasteiger partial charge is 0.244 e. The molecule has 1 N–H and O–H groups in total. The van der Waals surface area contributed by atoms with Gasteiger partial charge in [-0.05, 0) is 55.3 Å². The molecule has 1 saturated heterocycles. The zero-order chi connectivity index (χ0) is 22.4. The number of aromatic nitrogens is 1. The molecule has 0 bridgehead atoms. The summed E-state index contributed by atoms with van der Waals surface area (Å²) in [4.78, 5) is 17.2. The minimum Gasteiger partial charge on any atom is -0.301 e. The maximum absolute atomic E-state index is 13.2. The molecule has 0 aliphatic carbocycles. The number of anilines is 1. The Kier molecular flexibility index (Phi) is 5.58. The summed E-state index contributed by atoms with van der Waals surface area (Å²) < 4.78 is 64.2. The molecule has 4 rings (SSSR count). The summed E-state index contributed by atoms with van der Waals surface area (Å²) in [7, 11) is -7.35. The number of carbonyl (C=O) groups excluding carboxylic acids is 1. The zero-order valence-electron chi connectivity index (χ0n) is 16.3. The summed E-state index contributed by atoms with van der Waals surface area (Å²) in [5, 5.41) is 2.89. The van der Waals surface area contributed by atoms with Gasteiger partial charge in [-0.25, -0.2) is 26.2 Å². The van der Waals surface area contributed by atoms with Crippen LogP contribution in [0, 0.1) is 5.82 Å². The number of rotatable bonds is 5. The SMILES string of the molecule is CS(=O)(=O)c1ccc2nc(NC(=O)C3CCCN3S(=O)(=O)c3ccc(F)cc3)sc2c1. The van der Waals surface area contributed by atoms with Crippen molar-refractivity contribution < 1.29 is 26.0 Å². The van der Waals surface area contributed by atoms with Crippen LogP contribution in [0.4, 0.5) is 9.52 Å². The molecule has 1 aliphatic heterocycles. The largest absolute Gasteiger partial charge is 0.301 e. The fraction of sp³-hybridized carbons (Fsp3) is 0.263. The van der Waals surface area contributed by atoms with Gasteiger partial charge >= 0.3 is 0 Å². The van der Waals surface area contributed by atoms with Gasteiger partial charge in [-0.15, -0.1) is 0 Å². The molecule has 0 radical (unpaired) electrons. The Morgan fingerprint density at radius 1 is 1.13 bits per heavy atom. The Hall–Kier alpha value is -2.41. The minimum atomic E-state index is -3.97. The Labute approximate surface area is 182 Å². The van der Waals surface area contributed by atoms with Crippen molar-refractivity contribution in [3.63, 3.8) is 0 Å². The van der Waals surface area contributed by atoms with E-state index in [-0.39, 0.29) is 21.5 Å². The zero-order valence-corrected chi connectivity index (χ0v) is 18.7. The Morgan fingerprint density at radius 2 is 1.81 bits per heavy atom. The summed E-state index contributed by atoms with van der Waals surface area (Å²) in [6.07, 6.45) is 1.96. The standard InChI is InChI=1S/C19H18FN3O5S3/c1-30(25,26)14-8-9-15-17(11-14)29-19(21-15)22-18(24)16-3-2-10-23(16)31(27,28)13-6-4-12(20)5-7-13/h4-9,11,16H,2-3,10H2,1H3,(H,21,22,24). The van der Waals surface area contributed by atoms with Crippen LogP contribution >= 0.6 is 11.3 Å². The lowest BCUT2D eigenvalue weighted by Crippen LogP contribution is -2.43. The number of amides is 1. The van der Waals surface area contributed by atoms with Gasteiger partial charge in [0.25, 0.3) is 0 Å². The maximum Gasteiger partial charge on any atom is 0.244 e. The van der Waals surface area contributed by atoms with Crippen LogP contribution < -0.4 is 5.32 Å². The molecule has 1 unspecified atom stereocenters. The van der Waals surface area contributed by atoms with E-state index in [9.17, 15) is 26.0 Å². The lowest BCUT2D eigenvalue weighted by molar-refractivity contribution is -0.119. The number of nitrogens with one attached hydrogen (secondary N) is 1. The van der Waals surface area contributed by atoms with Crippen molar-refractivity contribution in [1.82, 2.24) is 9.29 Å². The summed E-state index contributed by atoms with van der Waals surface area (Å²) in [6, 6.07) is 8.02. The second kappa shape index (κ2) is 7.93. The molecule has 31 heavy (non-hydrogen) atoms. The van der Waals surface area contributed by atoms with E-state index in [0.29, 0.717) is 23.1 Å². The van der Waals surface area contributed by atoms with Crippen LogP contribution in [0.5, 0.6) is 0 Å². The summed E-state index contributed by atoms with van der Waals surface area (Å²) >= 11 is 1.10. The van der Waals surface area contributed by atoms with Crippen molar-refractivity contribution in [2.24, 2.45) is 0 Å². The van der Waals surface area contributed by atoms with Gasteiger partial charge in [0, 0.05) is 12.8 Å². The van der Waals surface area contributed by atoms with Crippen molar-refractivity contribution in [1.29, 1.82) is 0 Å². The Morgan fingerprint density at radius 3 is 2.48 bits per heavy atom. The van der Waals surface area contributed by atoms with Crippen molar-refractivity contribution in [3.05, 3.63) is 48.3 Å². The van der Waals surface area contributed by atoms with Gasteiger partial charge in [0.2, 0.25) is 15.9 Å². The highest BCUT2D eigenvalue weighted by Gasteiger charge is 2.39. The van der Waals surface area contributed by atoms with Crippen LogP contribution in [0.25, 0.3) is 10.2 Å². The molecule has 0 saturated carbocycles. The summed E-state index contributed by atoms with van der Waals surface area (Å²) in [5.74, 6) is -1.07. The minimum absolute atomic E-state index is 0.0816. The highest BCUT2D eigenvalue weighted by atomic mass is 32.2.